The van der Waals surface area contributed by atoms with Gasteiger partial charge in [-0.1, -0.05) is 27.2 Å². The van der Waals surface area contributed by atoms with Crippen molar-refractivity contribution in [3.05, 3.63) is 0 Å². The van der Waals surface area contributed by atoms with Crippen LogP contribution >= 0.6 is 0 Å². The molecule has 6 heteroatoms. The smallest absolute Gasteiger partial charge is 0.326 e. The van der Waals surface area contributed by atoms with Crippen molar-refractivity contribution in [1.29, 1.82) is 0 Å². The second-order valence-electron chi connectivity index (χ2n) is 5.41. The van der Waals surface area contributed by atoms with Crippen LogP contribution in [0.15, 0.2) is 0 Å². The van der Waals surface area contributed by atoms with Crippen molar-refractivity contribution in [2.45, 2.75) is 46.1 Å². The molecule has 0 aromatic rings. The monoisotopic (exact) mass is 274 g/mol. The van der Waals surface area contributed by atoms with Gasteiger partial charge < -0.3 is 20.5 Å². The van der Waals surface area contributed by atoms with E-state index in [0.717, 1.165) is 6.42 Å². The topological polar surface area (TPSA) is 87.7 Å². The molecule has 0 saturated carbocycles. The number of carbonyl (C=O) groups is 2. The Labute approximate surface area is 114 Å². The summed E-state index contributed by atoms with van der Waals surface area (Å²) in [6, 6.07) is -1.27. The van der Waals surface area contributed by atoms with E-state index in [1.807, 2.05) is 20.8 Å². The Morgan fingerprint density at radius 2 is 2.00 bits per heavy atom. The minimum Gasteiger partial charge on any atom is -0.480 e. The molecule has 0 fully saturated rings. The Balaban J connectivity index is 4.12. The molecule has 0 saturated heterocycles. The third-order valence-corrected chi connectivity index (χ3v) is 2.89. The maximum atomic E-state index is 11.6. The lowest BCUT2D eigenvalue weighted by Gasteiger charge is -2.25. The third kappa shape index (κ3) is 8.42. The van der Waals surface area contributed by atoms with E-state index in [1.54, 1.807) is 7.11 Å². The number of hydrogen-bond donors (Lipinski definition) is 3. The number of rotatable bonds is 9. The molecule has 0 aliphatic carbocycles. The molecule has 0 heterocycles. The minimum atomic E-state index is -1.00. The Bertz CT molecular complexity index is 292. The molecule has 6 nitrogen and oxygen atoms in total. The number of carboxylic acid groups (broad SMARTS) is 1. The zero-order valence-corrected chi connectivity index (χ0v) is 12.3. The van der Waals surface area contributed by atoms with E-state index in [1.165, 1.54) is 0 Å². The maximum absolute atomic E-state index is 11.6. The molecular weight excluding hydrogens is 248 g/mol. The van der Waals surface area contributed by atoms with Crippen molar-refractivity contribution in [3.8, 4) is 0 Å². The summed E-state index contributed by atoms with van der Waals surface area (Å²) in [5.41, 5.74) is -0.0865. The number of urea groups is 1. The van der Waals surface area contributed by atoms with Crippen LogP contribution in [0.4, 0.5) is 4.79 Å². The normalized spacial score (nSPS) is 12.8. The molecule has 19 heavy (non-hydrogen) atoms. The predicted octanol–water partition coefficient (Wildman–Crippen LogP) is 1.60. The maximum Gasteiger partial charge on any atom is 0.326 e. The fourth-order valence-electron chi connectivity index (χ4n) is 1.54. The lowest BCUT2D eigenvalue weighted by Crippen LogP contribution is -2.48. The van der Waals surface area contributed by atoms with E-state index in [2.05, 4.69) is 10.6 Å². The first kappa shape index (κ1) is 17.7. The first-order valence-corrected chi connectivity index (χ1v) is 6.58. The minimum absolute atomic E-state index is 0.0865. The summed E-state index contributed by atoms with van der Waals surface area (Å²) in [5.74, 6) is -1.00. The van der Waals surface area contributed by atoms with Gasteiger partial charge in [0, 0.05) is 20.3 Å². The van der Waals surface area contributed by atoms with Crippen LogP contribution in [0.3, 0.4) is 0 Å². The molecule has 0 aliphatic rings. The number of hydrogen-bond acceptors (Lipinski definition) is 3. The van der Waals surface area contributed by atoms with E-state index in [0.29, 0.717) is 26.0 Å². The number of aliphatic carboxylic acids is 1. The highest BCUT2D eigenvalue weighted by atomic mass is 16.5. The first-order chi connectivity index (χ1) is 8.82. The average molecular weight is 274 g/mol. The van der Waals surface area contributed by atoms with E-state index >= 15 is 0 Å². The average Bonchev–Trinajstić information content (AvgIpc) is 2.33. The standard InChI is InChI=1S/C13H26N2O4/c1-5-6-10(11(16)17)15-12(18)14-9-13(2,3)7-8-19-4/h10H,5-9H2,1-4H3,(H,16,17)(H2,14,15,18)/t10-/m0/s1. The van der Waals surface area contributed by atoms with Gasteiger partial charge in [0.05, 0.1) is 0 Å². The Hall–Kier alpha value is -1.30. The molecule has 1 atom stereocenters. The summed E-state index contributed by atoms with van der Waals surface area (Å²) < 4.78 is 5.01. The number of methoxy groups -OCH3 is 1. The van der Waals surface area contributed by atoms with Crippen molar-refractivity contribution < 1.29 is 19.4 Å². The van der Waals surface area contributed by atoms with Crippen LogP contribution in [0.1, 0.15) is 40.0 Å². The summed E-state index contributed by atoms with van der Waals surface area (Å²) in [7, 11) is 1.64. The highest BCUT2D eigenvalue weighted by Crippen LogP contribution is 2.18. The number of amides is 2. The van der Waals surface area contributed by atoms with Crippen LogP contribution in [0.2, 0.25) is 0 Å². The zero-order chi connectivity index (χ0) is 14.9. The van der Waals surface area contributed by atoms with Crippen LogP contribution in [-0.4, -0.2) is 43.4 Å². The Morgan fingerprint density at radius 1 is 1.37 bits per heavy atom. The van der Waals surface area contributed by atoms with E-state index < -0.39 is 18.0 Å². The first-order valence-electron chi connectivity index (χ1n) is 6.58. The molecule has 0 aliphatic heterocycles. The second-order valence-corrected chi connectivity index (χ2v) is 5.41. The largest absolute Gasteiger partial charge is 0.480 e. The number of nitrogens with one attached hydrogen (secondary N) is 2. The molecule has 0 aromatic carbocycles. The molecule has 0 aromatic heterocycles. The van der Waals surface area contributed by atoms with E-state index in [9.17, 15) is 9.59 Å². The molecule has 2 amide bonds. The van der Waals surface area contributed by atoms with Gasteiger partial charge in [0.2, 0.25) is 0 Å². The van der Waals surface area contributed by atoms with Crippen molar-refractivity contribution in [2.75, 3.05) is 20.3 Å². The highest BCUT2D eigenvalue weighted by Gasteiger charge is 2.21. The van der Waals surface area contributed by atoms with Gasteiger partial charge in [0.25, 0.3) is 0 Å². The van der Waals surface area contributed by atoms with Crippen LogP contribution in [-0.2, 0) is 9.53 Å². The number of carbonyl (C=O) groups excluding carboxylic acids is 1. The zero-order valence-electron chi connectivity index (χ0n) is 12.3. The molecule has 3 N–H and O–H groups in total. The van der Waals surface area contributed by atoms with Gasteiger partial charge in [0.15, 0.2) is 0 Å². The van der Waals surface area contributed by atoms with Crippen molar-refractivity contribution in [3.63, 3.8) is 0 Å². The van der Waals surface area contributed by atoms with Gasteiger partial charge in [0.1, 0.15) is 6.04 Å². The van der Waals surface area contributed by atoms with Crippen LogP contribution in [0.5, 0.6) is 0 Å². The van der Waals surface area contributed by atoms with Gasteiger partial charge in [-0.05, 0) is 18.3 Å². The fourth-order valence-corrected chi connectivity index (χ4v) is 1.54. The van der Waals surface area contributed by atoms with Crippen molar-refractivity contribution in [1.82, 2.24) is 10.6 Å². The number of ether oxygens (including phenoxy) is 1. The number of carboxylic acids is 1. The molecular formula is C13H26N2O4. The molecule has 0 rings (SSSR count). The second kappa shape index (κ2) is 8.74. The van der Waals surface area contributed by atoms with Gasteiger partial charge in [-0.15, -0.1) is 0 Å². The van der Waals surface area contributed by atoms with Crippen LogP contribution in [0, 0.1) is 5.41 Å². The quantitative estimate of drug-likeness (QED) is 0.596. The van der Waals surface area contributed by atoms with Crippen molar-refractivity contribution >= 4 is 12.0 Å². The van der Waals surface area contributed by atoms with Crippen LogP contribution in [0.25, 0.3) is 0 Å². The van der Waals surface area contributed by atoms with Gasteiger partial charge in [-0.3, -0.25) is 0 Å². The molecule has 0 radical (unpaired) electrons. The molecule has 112 valence electrons. The Morgan fingerprint density at radius 3 is 2.47 bits per heavy atom. The highest BCUT2D eigenvalue weighted by molar-refractivity contribution is 5.82. The summed E-state index contributed by atoms with van der Waals surface area (Å²) in [6.07, 6.45) is 1.95. The Kier molecular flexibility index (Phi) is 8.14. The SMILES string of the molecule is CCC[C@H](NC(=O)NCC(C)(C)CCOC)C(=O)O. The van der Waals surface area contributed by atoms with E-state index in [-0.39, 0.29) is 5.41 Å². The van der Waals surface area contributed by atoms with Crippen molar-refractivity contribution in [2.24, 2.45) is 5.41 Å². The summed E-state index contributed by atoms with van der Waals surface area (Å²) in [5, 5.41) is 14.1. The van der Waals surface area contributed by atoms with Gasteiger partial charge in [-0.2, -0.15) is 0 Å². The molecule has 0 spiro atoms. The summed E-state index contributed by atoms with van der Waals surface area (Å²) >= 11 is 0. The van der Waals surface area contributed by atoms with Gasteiger partial charge >= 0.3 is 12.0 Å². The molecule has 0 unspecified atom stereocenters. The lowest BCUT2D eigenvalue weighted by molar-refractivity contribution is -0.139. The molecule has 0 bridgehead atoms. The fraction of sp³-hybridized carbons (Fsp3) is 0.846. The summed E-state index contributed by atoms with van der Waals surface area (Å²) in [4.78, 5) is 22.5. The third-order valence-electron chi connectivity index (χ3n) is 2.89. The predicted molar refractivity (Wildman–Crippen MR) is 73.1 cm³/mol. The lowest BCUT2D eigenvalue weighted by atomic mass is 9.90. The summed E-state index contributed by atoms with van der Waals surface area (Å²) in [6.45, 7) is 7.02. The van der Waals surface area contributed by atoms with Crippen LogP contribution < -0.4 is 10.6 Å². The van der Waals surface area contributed by atoms with Gasteiger partial charge in [-0.25, -0.2) is 9.59 Å². The van der Waals surface area contributed by atoms with E-state index in [4.69, 9.17) is 9.84 Å².